The van der Waals surface area contributed by atoms with Crippen LogP contribution in [0.5, 0.6) is 0 Å². The average molecular weight is 319 g/mol. The Hall–Kier alpha value is -2.67. The number of nitrogens with zero attached hydrogens (tertiary/aromatic N) is 4. The molecule has 0 aliphatic rings. The summed E-state index contributed by atoms with van der Waals surface area (Å²) in [5.41, 5.74) is 1.12. The van der Waals surface area contributed by atoms with E-state index >= 15 is 0 Å². The summed E-state index contributed by atoms with van der Waals surface area (Å²) in [5.74, 6) is 0.116. The predicted octanol–water partition coefficient (Wildman–Crippen LogP) is 2.48. The van der Waals surface area contributed by atoms with E-state index in [1.165, 1.54) is 10.9 Å². The van der Waals surface area contributed by atoms with Gasteiger partial charge in [-0.15, -0.1) is 0 Å². The Bertz CT molecular complexity index is 795. The molecule has 22 heavy (non-hydrogen) atoms. The minimum absolute atomic E-state index is 0.103. The van der Waals surface area contributed by atoms with E-state index in [4.69, 9.17) is 20.9 Å². The first kappa shape index (κ1) is 14.3. The zero-order valence-corrected chi connectivity index (χ0v) is 12.3. The van der Waals surface area contributed by atoms with E-state index in [-0.39, 0.29) is 12.5 Å². The van der Waals surface area contributed by atoms with E-state index in [1.807, 2.05) is 0 Å². The number of carbonyl (C=O) groups is 1. The monoisotopic (exact) mass is 318 g/mol. The summed E-state index contributed by atoms with van der Waals surface area (Å²) >= 11 is 5.82. The smallest absolute Gasteiger partial charge is 0.341 e. The number of rotatable bonds is 4. The second kappa shape index (κ2) is 5.98. The Morgan fingerprint density at radius 1 is 1.36 bits per heavy atom. The molecule has 7 nitrogen and oxygen atoms in total. The fourth-order valence-electron chi connectivity index (χ4n) is 1.77. The number of halogens is 1. The number of esters is 1. The Morgan fingerprint density at radius 3 is 2.82 bits per heavy atom. The number of aromatic nitrogens is 4. The molecule has 0 N–H and O–H groups in total. The number of aryl methyl sites for hydroxylation is 1. The molecule has 0 saturated heterocycles. The van der Waals surface area contributed by atoms with Crippen molar-refractivity contribution in [3.63, 3.8) is 0 Å². The van der Waals surface area contributed by atoms with Crippen molar-refractivity contribution in [1.82, 2.24) is 19.9 Å². The van der Waals surface area contributed by atoms with E-state index in [9.17, 15) is 4.79 Å². The number of hydrogen-bond acceptors (Lipinski definition) is 6. The van der Waals surface area contributed by atoms with Crippen molar-refractivity contribution in [2.24, 2.45) is 7.05 Å². The molecule has 0 atom stereocenters. The minimum atomic E-state index is -0.501. The van der Waals surface area contributed by atoms with Gasteiger partial charge in [-0.25, -0.2) is 4.79 Å². The average Bonchev–Trinajstić information content (AvgIpc) is 3.15. The van der Waals surface area contributed by atoms with Crippen LogP contribution in [0.2, 0.25) is 5.02 Å². The molecule has 0 aliphatic heterocycles. The number of benzene rings is 1. The van der Waals surface area contributed by atoms with Gasteiger partial charge in [-0.05, 0) is 24.3 Å². The van der Waals surface area contributed by atoms with E-state index < -0.39 is 5.97 Å². The molecule has 3 rings (SSSR count). The fourth-order valence-corrected chi connectivity index (χ4v) is 1.89. The Labute approximate surface area is 130 Å². The maximum atomic E-state index is 11.8. The van der Waals surface area contributed by atoms with Gasteiger partial charge in [0.15, 0.2) is 6.61 Å². The fraction of sp³-hybridized carbons (Fsp3) is 0.143. The summed E-state index contributed by atoms with van der Waals surface area (Å²) < 4.78 is 11.7. The molecule has 0 aliphatic carbocycles. The lowest BCUT2D eigenvalue weighted by atomic mass is 10.2. The highest BCUT2D eigenvalue weighted by atomic mass is 35.5. The van der Waals surface area contributed by atoms with Crippen LogP contribution in [0.1, 0.15) is 16.2 Å². The molecule has 0 amide bonds. The van der Waals surface area contributed by atoms with Crippen LogP contribution in [-0.2, 0) is 18.4 Å². The van der Waals surface area contributed by atoms with Crippen molar-refractivity contribution in [3.05, 3.63) is 53.1 Å². The third kappa shape index (κ3) is 3.15. The van der Waals surface area contributed by atoms with Gasteiger partial charge in [0.25, 0.3) is 5.89 Å². The maximum Gasteiger partial charge on any atom is 0.341 e. The van der Waals surface area contributed by atoms with Gasteiger partial charge in [0.1, 0.15) is 0 Å². The molecule has 1 aromatic carbocycles. The second-order valence-electron chi connectivity index (χ2n) is 4.50. The third-order valence-electron chi connectivity index (χ3n) is 2.84. The molecule has 112 valence electrons. The van der Waals surface area contributed by atoms with Gasteiger partial charge in [-0.1, -0.05) is 16.8 Å². The van der Waals surface area contributed by atoms with Gasteiger partial charge in [0, 0.05) is 23.8 Å². The Balaban J connectivity index is 1.64. The highest BCUT2D eigenvalue weighted by Gasteiger charge is 2.13. The third-order valence-corrected chi connectivity index (χ3v) is 3.09. The number of carbonyl (C=O) groups excluding carboxylic acids is 1. The van der Waals surface area contributed by atoms with Crippen LogP contribution in [0.4, 0.5) is 0 Å². The van der Waals surface area contributed by atoms with Crippen molar-refractivity contribution in [1.29, 1.82) is 0 Å². The molecular formula is C14H11ClN4O3. The largest absolute Gasteiger partial charge is 0.452 e. The zero-order chi connectivity index (χ0) is 15.5. The van der Waals surface area contributed by atoms with E-state index in [0.29, 0.717) is 16.4 Å². The van der Waals surface area contributed by atoms with Crippen molar-refractivity contribution in [3.8, 4) is 11.4 Å². The van der Waals surface area contributed by atoms with Crippen molar-refractivity contribution >= 4 is 17.6 Å². The van der Waals surface area contributed by atoms with E-state index in [0.717, 1.165) is 5.56 Å². The van der Waals surface area contributed by atoms with Gasteiger partial charge in [-0.3, -0.25) is 4.68 Å². The highest BCUT2D eigenvalue weighted by Crippen LogP contribution is 2.18. The zero-order valence-electron chi connectivity index (χ0n) is 11.6. The first-order valence-electron chi connectivity index (χ1n) is 6.36. The predicted molar refractivity (Wildman–Crippen MR) is 77.1 cm³/mol. The first-order chi connectivity index (χ1) is 10.6. The molecule has 8 heteroatoms. The summed E-state index contributed by atoms with van der Waals surface area (Å²) in [4.78, 5) is 15.9. The Morgan fingerprint density at radius 2 is 2.14 bits per heavy atom. The summed E-state index contributed by atoms with van der Waals surface area (Å²) in [7, 11) is 1.72. The van der Waals surface area contributed by atoms with Gasteiger partial charge in [0.2, 0.25) is 5.82 Å². The van der Waals surface area contributed by atoms with Gasteiger partial charge in [-0.2, -0.15) is 10.1 Å². The lowest BCUT2D eigenvalue weighted by Crippen LogP contribution is -2.04. The normalized spacial score (nSPS) is 10.6. The van der Waals surface area contributed by atoms with Crippen LogP contribution in [0.15, 0.2) is 41.2 Å². The van der Waals surface area contributed by atoms with Crippen LogP contribution >= 0.6 is 11.6 Å². The van der Waals surface area contributed by atoms with Gasteiger partial charge >= 0.3 is 5.97 Å². The van der Waals surface area contributed by atoms with Gasteiger partial charge in [0.05, 0.1) is 11.8 Å². The van der Waals surface area contributed by atoms with E-state index in [1.54, 1.807) is 37.5 Å². The molecule has 0 radical (unpaired) electrons. The van der Waals surface area contributed by atoms with Crippen molar-refractivity contribution in [2.45, 2.75) is 6.61 Å². The quantitative estimate of drug-likeness (QED) is 0.687. The maximum absolute atomic E-state index is 11.8. The van der Waals surface area contributed by atoms with Crippen LogP contribution in [0, 0.1) is 0 Å². The standard InChI is InChI=1S/C14H11ClN4O3/c1-19-7-10(6-16-19)14(20)21-8-12-17-13(18-22-12)9-2-4-11(15)5-3-9/h2-7H,8H2,1H3. The summed E-state index contributed by atoms with van der Waals surface area (Å²) in [6.45, 7) is -0.103. The molecule has 0 saturated carbocycles. The molecule has 0 spiro atoms. The summed E-state index contributed by atoms with van der Waals surface area (Å²) in [6, 6.07) is 7.02. The summed E-state index contributed by atoms with van der Waals surface area (Å²) in [6.07, 6.45) is 2.99. The number of ether oxygens (including phenoxy) is 1. The molecule has 2 aromatic heterocycles. The molecule has 0 unspecified atom stereocenters. The summed E-state index contributed by atoms with van der Waals surface area (Å²) in [5, 5.41) is 8.35. The highest BCUT2D eigenvalue weighted by molar-refractivity contribution is 6.30. The molecule has 0 bridgehead atoms. The van der Waals surface area contributed by atoms with Crippen molar-refractivity contribution in [2.75, 3.05) is 0 Å². The second-order valence-corrected chi connectivity index (χ2v) is 4.93. The van der Waals surface area contributed by atoms with Crippen LogP contribution < -0.4 is 0 Å². The van der Waals surface area contributed by atoms with Crippen LogP contribution in [0.25, 0.3) is 11.4 Å². The Kier molecular flexibility index (Phi) is 3.88. The lowest BCUT2D eigenvalue weighted by molar-refractivity contribution is 0.0429. The van der Waals surface area contributed by atoms with Gasteiger partial charge < -0.3 is 9.26 Å². The number of hydrogen-bond donors (Lipinski definition) is 0. The molecule has 3 aromatic rings. The lowest BCUT2D eigenvalue weighted by Gasteiger charge is -1.98. The SMILES string of the molecule is Cn1cc(C(=O)OCc2nc(-c3ccc(Cl)cc3)no2)cn1. The molecule has 2 heterocycles. The van der Waals surface area contributed by atoms with Crippen molar-refractivity contribution < 1.29 is 14.1 Å². The molecule has 0 fully saturated rings. The van der Waals surface area contributed by atoms with E-state index in [2.05, 4.69) is 15.2 Å². The minimum Gasteiger partial charge on any atom is -0.452 e. The first-order valence-corrected chi connectivity index (χ1v) is 6.74. The van der Waals surface area contributed by atoms with Crippen LogP contribution in [0.3, 0.4) is 0 Å². The molecular weight excluding hydrogens is 308 g/mol. The van der Waals surface area contributed by atoms with Crippen LogP contribution in [-0.4, -0.2) is 25.9 Å². The topological polar surface area (TPSA) is 83.0 Å².